The van der Waals surface area contributed by atoms with E-state index in [1.54, 1.807) is 0 Å². The molecule has 0 bridgehead atoms. The van der Waals surface area contributed by atoms with Crippen LogP contribution in [0.15, 0.2) is 29.2 Å². The van der Waals surface area contributed by atoms with Crippen molar-refractivity contribution < 1.29 is 5.11 Å². The first-order valence-corrected chi connectivity index (χ1v) is 8.82. The maximum atomic E-state index is 10.8. The Balaban J connectivity index is 2.67. The van der Waals surface area contributed by atoms with E-state index in [2.05, 4.69) is 49.9 Å². The molecule has 0 aliphatic carbocycles. The van der Waals surface area contributed by atoms with Gasteiger partial charge in [0.05, 0.1) is 5.60 Å². The molecule has 1 aromatic carbocycles. The summed E-state index contributed by atoms with van der Waals surface area (Å²) >= 11 is 1.90. The van der Waals surface area contributed by atoms with Gasteiger partial charge in [-0.3, -0.25) is 0 Å². The number of benzene rings is 1. The third kappa shape index (κ3) is 6.01. The van der Waals surface area contributed by atoms with Crippen molar-refractivity contribution in [2.45, 2.75) is 44.6 Å². The molecule has 120 valence electrons. The van der Waals surface area contributed by atoms with E-state index in [1.165, 1.54) is 11.3 Å². The first kappa shape index (κ1) is 18.5. The lowest BCUT2D eigenvalue weighted by atomic mass is 9.84. The Hall–Kier alpha value is -0.510. The van der Waals surface area contributed by atoms with E-state index in [-0.39, 0.29) is 5.92 Å². The highest BCUT2D eigenvalue weighted by Gasteiger charge is 2.30. The van der Waals surface area contributed by atoms with Gasteiger partial charge in [-0.25, -0.2) is 0 Å². The number of thioether (sulfide) groups is 1. The molecule has 0 saturated heterocycles. The van der Waals surface area contributed by atoms with Gasteiger partial charge < -0.3 is 10.0 Å². The topological polar surface area (TPSA) is 23.5 Å². The van der Waals surface area contributed by atoms with Crippen molar-refractivity contribution in [2.24, 2.45) is 11.8 Å². The van der Waals surface area contributed by atoms with Gasteiger partial charge in [-0.15, -0.1) is 11.8 Å². The highest BCUT2D eigenvalue weighted by Crippen LogP contribution is 2.31. The molecule has 0 aromatic heterocycles. The van der Waals surface area contributed by atoms with Gasteiger partial charge in [0.1, 0.15) is 0 Å². The Kier molecular flexibility index (Phi) is 7.25. The minimum Gasteiger partial charge on any atom is -0.385 e. The largest absolute Gasteiger partial charge is 0.385 e. The fourth-order valence-corrected chi connectivity index (χ4v) is 3.46. The summed E-state index contributed by atoms with van der Waals surface area (Å²) in [5, 5.41) is 10.8. The van der Waals surface area contributed by atoms with E-state index in [4.69, 9.17) is 0 Å². The highest BCUT2D eigenvalue weighted by molar-refractivity contribution is 7.99. The quantitative estimate of drug-likeness (QED) is 0.727. The third-order valence-electron chi connectivity index (χ3n) is 4.00. The zero-order chi connectivity index (χ0) is 16.0. The molecule has 0 radical (unpaired) electrons. The van der Waals surface area contributed by atoms with Crippen LogP contribution in [0.2, 0.25) is 0 Å². The fraction of sp³-hybridized carbons (Fsp3) is 0.667. The molecule has 3 heteroatoms. The highest BCUT2D eigenvalue weighted by atomic mass is 32.2. The number of hydrogen-bond acceptors (Lipinski definition) is 3. The van der Waals surface area contributed by atoms with Crippen LogP contribution in [0, 0.1) is 11.8 Å². The summed E-state index contributed by atoms with van der Waals surface area (Å²) in [5.41, 5.74) is 0.218. The molecule has 0 spiro atoms. The molecule has 0 saturated carbocycles. The van der Waals surface area contributed by atoms with Crippen molar-refractivity contribution in [1.29, 1.82) is 0 Å². The Labute approximate surface area is 134 Å². The summed E-state index contributed by atoms with van der Waals surface area (Å²) in [6.45, 7) is 9.41. The van der Waals surface area contributed by atoms with E-state index in [1.807, 2.05) is 32.8 Å². The molecule has 0 fully saturated rings. The number of hydrogen-bond donors (Lipinski definition) is 1. The van der Waals surface area contributed by atoms with Crippen LogP contribution in [0.4, 0.5) is 0 Å². The molecule has 1 N–H and O–H groups in total. The third-order valence-corrected chi connectivity index (χ3v) is 5.05. The van der Waals surface area contributed by atoms with Gasteiger partial charge in [-0.05, 0) is 56.8 Å². The van der Waals surface area contributed by atoms with Gasteiger partial charge in [-0.2, -0.15) is 0 Å². The Morgan fingerprint density at radius 2 is 1.71 bits per heavy atom. The van der Waals surface area contributed by atoms with Gasteiger partial charge in [0.25, 0.3) is 0 Å². The van der Waals surface area contributed by atoms with Crippen LogP contribution in [-0.2, 0) is 5.60 Å². The maximum absolute atomic E-state index is 10.8. The molecule has 0 aliphatic rings. The minimum absolute atomic E-state index is 0.187. The van der Waals surface area contributed by atoms with Gasteiger partial charge in [0, 0.05) is 17.4 Å². The second-order valence-corrected chi connectivity index (χ2v) is 8.03. The molecule has 1 aromatic rings. The molecule has 2 nitrogen and oxygen atoms in total. The van der Waals surface area contributed by atoms with Crippen molar-refractivity contribution in [2.75, 3.05) is 26.4 Å². The van der Waals surface area contributed by atoms with Crippen molar-refractivity contribution in [3.8, 4) is 0 Å². The monoisotopic (exact) mass is 309 g/mol. The lowest BCUT2D eigenvalue weighted by Gasteiger charge is -2.32. The summed E-state index contributed by atoms with van der Waals surface area (Å²) < 4.78 is 0. The van der Waals surface area contributed by atoms with Crippen molar-refractivity contribution in [3.63, 3.8) is 0 Å². The van der Waals surface area contributed by atoms with Crippen LogP contribution < -0.4 is 0 Å². The van der Waals surface area contributed by atoms with Crippen molar-refractivity contribution in [3.05, 3.63) is 29.8 Å². The Morgan fingerprint density at radius 3 is 2.19 bits per heavy atom. The molecular weight excluding hydrogens is 278 g/mol. The van der Waals surface area contributed by atoms with E-state index >= 15 is 0 Å². The molecule has 0 heterocycles. The molecule has 2 unspecified atom stereocenters. The first-order valence-electron chi connectivity index (χ1n) is 7.84. The maximum Gasteiger partial charge on any atom is 0.0906 e. The summed E-state index contributed by atoms with van der Waals surface area (Å²) in [6, 6.07) is 8.42. The van der Waals surface area contributed by atoms with Crippen LogP contribution in [0.1, 0.15) is 39.7 Å². The molecule has 1 rings (SSSR count). The van der Waals surface area contributed by atoms with Crippen molar-refractivity contribution >= 4 is 11.8 Å². The molecule has 0 amide bonds. The van der Waals surface area contributed by atoms with Crippen LogP contribution in [-0.4, -0.2) is 36.4 Å². The number of rotatable bonds is 8. The van der Waals surface area contributed by atoms with Gasteiger partial charge >= 0.3 is 0 Å². The van der Waals surface area contributed by atoms with Crippen LogP contribution in [0.3, 0.4) is 0 Å². The van der Waals surface area contributed by atoms with Gasteiger partial charge in [0.2, 0.25) is 0 Å². The van der Waals surface area contributed by atoms with E-state index < -0.39 is 5.60 Å². The first-order chi connectivity index (χ1) is 9.73. The smallest absolute Gasteiger partial charge is 0.0906 e. The van der Waals surface area contributed by atoms with Crippen molar-refractivity contribution in [1.82, 2.24) is 4.90 Å². The van der Waals surface area contributed by atoms with Crippen LogP contribution in [0.25, 0.3) is 0 Å². The molecule has 21 heavy (non-hydrogen) atoms. The Bertz CT molecular complexity index is 412. The minimum atomic E-state index is -0.786. The van der Waals surface area contributed by atoms with Crippen LogP contribution >= 0.6 is 11.8 Å². The average Bonchev–Trinajstić information content (AvgIpc) is 2.38. The normalized spacial score (nSPS) is 16.2. The molecule has 2 atom stereocenters. The second-order valence-electron chi connectivity index (χ2n) is 6.87. The average molecular weight is 310 g/mol. The summed E-state index contributed by atoms with van der Waals surface area (Å²) in [5.74, 6) is 2.10. The fourth-order valence-electron chi connectivity index (χ4n) is 2.31. The van der Waals surface area contributed by atoms with Crippen LogP contribution in [0.5, 0.6) is 0 Å². The predicted molar refractivity (Wildman–Crippen MR) is 93.9 cm³/mol. The van der Waals surface area contributed by atoms with Gasteiger partial charge in [0.15, 0.2) is 0 Å². The SMILES string of the molecule is CC(C)CCSc1ccc(C(C)(O)C(C)CN(C)C)cc1. The Morgan fingerprint density at radius 1 is 1.14 bits per heavy atom. The van der Waals surface area contributed by atoms with E-state index in [9.17, 15) is 5.11 Å². The molecular formula is C18H31NOS. The zero-order valence-corrected chi connectivity index (χ0v) is 15.2. The standard InChI is InChI=1S/C18H31NOS/c1-14(2)11-12-21-17-9-7-16(8-10-17)18(4,20)15(3)13-19(5)6/h7-10,14-15,20H,11-13H2,1-6H3. The number of aliphatic hydroxyl groups is 1. The second kappa shape index (κ2) is 8.21. The summed E-state index contributed by atoms with van der Waals surface area (Å²) in [6.07, 6.45) is 1.24. The summed E-state index contributed by atoms with van der Waals surface area (Å²) in [7, 11) is 4.09. The van der Waals surface area contributed by atoms with Gasteiger partial charge in [-0.1, -0.05) is 32.9 Å². The lowest BCUT2D eigenvalue weighted by Crippen LogP contribution is -2.36. The van der Waals surface area contributed by atoms with E-state index in [0.29, 0.717) is 0 Å². The lowest BCUT2D eigenvalue weighted by molar-refractivity contribution is -0.00781. The zero-order valence-electron chi connectivity index (χ0n) is 14.4. The molecule has 0 aliphatic heterocycles. The number of nitrogens with zero attached hydrogens (tertiary/aromatic N) is 1. The summed E-state index contributed by atoms with van der Waals surface area (Å²) in [4.78, 5) is 3.41. The van der Waals surface area contributed by atoms with E-state index in [0.717, 1.165) is 23.8 Å². The predicted octanol–water partition coefficient (Wildman–Crippen LogP) is 4.23.